The number of anilines is 1. The van der Waals surface area contributed by atoms with Gasteiger partial charge >= 0.3 is 0 Å². The molecule has 5 rings (SSSR count). The van der Waals surface area contributed by atoms with Crippen molar-refractivity contribution in [3.8, 4) is 0 Å². The molecule has 0 fully saturated rings. The summed E-state index contributed by atoms with van der Waals surface area (Å²) in [4.78, 5) is 32.8. The van der Waals surface area contributed by atoms with Gasteiger partial charge in [-0.3, -0.25) is 9.59 Å². The minimum atomic E-state index is -0.150. The summed E-state index contributed by atoms with van der Waals surface area (Å²) in [6.07, 6.45) is 0.523. The van der Waals surface area contributed by atoms with E-state index in [1.807, 2.05) is 36.3 Å². The van der Waals surface area contributed by atoms with Gasteiger partial charge in [0.05, 0.1) is 30.4 Å². The van der Waals surface area contributed by atoms with Crippen LogP contribution in [0.3, 0.4) is 0 Å². The third-order valence-electron chi connectivity index (χ3n) is 5.95. The average molecular weight is 470 g/mol. The Morgan fingerprint density at radius 3 is 2.41 bits per heavy atom. The Kier molecular flexibility index (Phi) is 5.31. The zero-order valence-electron chi connectivity index (χ0n) is 17.4. The molecule has 164 valence electrons. The predicted octanol–water partition coefficient (Wildman–Crippen LogP) is 3.48. The Bertz CT molecular complexity index is 1240. The van der Waals surface area contributed by atoms with Crippen LogP contribution in [-0.4, -0.2) is 40.6 Å². The molecule has 3 heterocycles. The molecule has 2 aliphatic rings. The predicted molar refractivity (Wildman–Crippen MR) is 125 cm³/mol. The molecule has 0 unspecified atom stereocenters. The first-order valence-corrected chi connectivity index (χ1v) is 11.1. The Morgan fingerprint density at radius 1 is 1.06 bits per heavy atom. The molecular weight excluding hydrogens is 449 g/mol. The van der Waals surface area contributed by atoms with Crippen molar-refractivity contribution in [2.24, 2.45) is 0 Å². The Hall–Kier alpha value is -3.03. The maximum absolute atomic E-state index is 13.4. The van der Waals surface area contributed by atoms with Gasteiger partial charge in [-0.2, -0.15) is 4.68 Å². The van der Waals surface area contributed by atoms with E-state index in [1.165, 1.54) is 0 Å². The molecule has 0 saturated carbocycles. The zero-order chi connectivity index (χ0) is 22.4. The summed E-state index contributed by atoms with van der Waals surface area (Å²) in [5.41, 5.74) is 2.76. The summed E-state index contributed by atoms with van der Waals surface area (Å²) in [6.45, 7) is 1.32. The first kappa shape index (κ1) is 20.8. The van der Waals surface area contributed by atoms with Crippen LogP contribution in [0.2, 0.25) is 10.0 Å². The number of carbonyl (C=O) groups is 1. The van der Waals surface area contributed by atoms with Gasteiger partial charge in [0.15, 0.2) is 0 Å². The van der Waals surface area contributed by atoms with Crippen molar-refractivity contribution in [2.75, 3.05) is 30.5 Å². The minimum Gasteiger partial charge on any atom is -0.345 e. The molecule has 0 aliphatic carbocycles. The maximum atomic E-state index is 13.4. The fourth-order valence-corrected chi connectivity index (χ4v) is 4.51. The normalized spacial score (nSPS) is 17.4. The molecule has 0 bridgehead atoms. The number of fused-ring (bicyclic) bond motifs is 2. The van der Waals surface area contributed by atoms with Gasteiger partial charge in [0, 0.05) is 35.6 Å². The number of amides is 1. The van der Waals surface area contributed by atoms with E-state index in [9.17, 15) is 9.59 Å². The summed E-state index contributed by atoms with van der Waals surface area (Å²) in [6, 6.07) is 14.4. The molecule has 1 atom stereocenters. The lowest BCUT2D eigenvalue weighted by Crippen LogP contribution is -2.51. The highest BCUT2D eigenvalue weighted by Gasteiger charge is 2.31. The van der Waals surface area contributed by atoms with E-state index in [0.29, 0.717) is 46.6 Å². The third kappa shape index (κ3) is 3.72. The van der Waals surface area contributed by atoms with Crippen molar-refractivity contribution in [2.45, 2.75) is 19.0 Å². The Balaban J connectivity index is 1.44. The highest BCUT2D eigenvalue weighted by atomic mass is 35.5. The highest BCUT2D eigenvalue weighted by molar-refractivity contribution is 6.30. The second-order valence-electron chi connectivity index (χ2n) is 8.05. The van der Waals surface area contributed by atoms with Crippen LogP contribution in [0.5, 0.6) is 0 Å². The average Bonchev–Trinajstić information content (AvgIpc) is 2.79. The standard InChI is InChI=1S/C23H21Cl2N5O2/c1-28-13-20(14-2-6-16(24)7-3-14)27-23-26-19-10-11-29(12-18(19)22(32)30(23)28)21(31)15-4-8-17(25)9-5-15/h2-9,20H,10-13H2,1H3,(H,26,27)/t20-/m0/s1. The monoisotopic (exact) mass is 469 g/mol. The quantitative estimate of drug-likeness (QED) is 0.621. The van der Waals surface area contributed by atoms with E-state index in [1.54, 1.807) is 33.8 Å². The molecular formula is C23H21Cl2N5O2. The molecule has 2 aliphatic heterocycles. The first-order valence-electron chi connectivity index (χ1n) is 10.3. The van der Waals surface area contributed by atoms with Gasteiger partial charge in [-0.15, -0.1) is 0 Å². The lowest BCUT2D eigenvalue weighted by atomic mass is 10.0. The number of carbonyl (C=O) groups excluding carboxylic acids is 1. The lowest BCUT2D eigenvalue weighted by molar-refractivity contribution is 0.0732. The molecule has 0 spiro atoms. The van der Waals surface area contributed by atoms with Crippen LogP contribution >= 0.6 is 23.2 Å². The number of rotatable bonds is 2. The van der Waals surface area contributed by atoms with Crippen LogP contribution in [0.1, 0.15) is 33.2 Å². The molecule has 7 nitrogen and oxygen atoms in total. The molecule has 3 aromatic rings. The van der Waals surface area contributed by atoms with Crippen molar-refractivity contribution in [1.82, 2.24) is 14.6 Å². The van der Waals surface area contributed by atoms with Gasteiger partial charge in [-0.1, -0.05) is 35.3 Å². The van der Waals surface area contributed by atoms with Gasteiger partial charge in [-0.05, 0) is 42.0 Å². The number of benzene rings is 2. The first-order chi connectivity index (χ1) is 15.4. The number of nitrogens with one attached hydrogen (secondary N) is 1. The van der Waals surface area contributed by atoms with Crippen LogP contribution in [0, 0.1) is 0 Å². The lowest BCUT2D eigenvalue weighted by Gasteiger charge is -2.37. The van der Waals surface area contributed by atoms with Crippen LogP contribution < -0.4 is 15.9 Å². The zero-order valence-corrected chi connectivity index (χ0v) is 18.9. The van der Waals surface area contributed by atoms with E-state index in [2.05, 4.69) is 5.32 Å². The largest absolute Gasteiger partial charge is 0.345 e. The second-order valence-corrected chi connectivity index (χ2v) is 8.92. The molecule has 0 saturated heterocycles. The summed E-state index contributed by atoms with van der Waals surface area (Å²) < 4.78 is 1.56. The Labute approximate surface area is 195 Å². The molecule has 9 heteroatoms. The molecule has 2 aromatic carbocycles. The van der Waals surface area contributed by atoms with Crippen molar-refractivity contribution >= 4 is 35.1 Å². The smallest absolute Gasteiger partial charge is 0.278 e. The van der Waals surface area contributed by atoms with Crippen molar-refractivity contribution in [3.05, 3.63) is 91.3 Å². The highest BCUT2D eigenvalue weighted by Crippen LogP contribution is 2.26. The maximum Gasteiger partial charge on any atom is 0.278 e. The Morgan fingerprint density at radius 2 is 1.72 bits per heavy atom. The van der Waals surface area contributed by atoms with Gasteiger partial charge in [0.25, 0.3) is 11.5 Å². The number of nitrogens with zero attached hydrogens (tertiary/aromatic N) is 4. The molecule has 1 amide bonds. The number of hydrogen-bond donors (Lipinski definition) is 1. The van der Waals surface area contributed by atoms with Gasteiger partial charge in [0.1, 0.15) is 0 Å². The number of aromatic nitrogens is 2. The molecule has 32 heavy (non-hydrogen) atoms. The van der Waals surface area contributed by atoms with Gasteiger partial charge in [-0.25, -0.2) is 4.98 Å². The number of hydrogen-bond acceptors (Lipinski definition) is 5. The summed E-state index contributed by atoms with van der Waals surface area (Å²) in [7, 11) is 1.86. The number of likely N-dealkylation sites (N-methyl/N-ethyl adjacent to an activating group) is 1. The molecule has 1 aromatic heterocycles. The van der Waals surface area contributed by atoms with Gasteiger partial charge < -0.3 is 15.2 Å². The molecule has 1 N–H and O–H groups in total. The van der Waals surface area contributed by atoms with Crippen molar-refractivity contribution in [3.63, 3.8) is 0 Å². The second kappa shape index (κ2) is 8.15. The summed E-state index contributed by atoms with van der Waals surface area (Å²) >= 11 is 12.0. The van der Waals surface area contributed by atoms with Crippen molar-refractivity contribution in [1.29, 1.82) is 0 Å². The van der Waals surface area contributed by atoms with E-state index in [0.717, 1.165) is 11.3 Å². The third-order valence-corrected chi connectivity index (χ3v) is 6.45. The van der Waals surface area contributed by atoms with Gasteiger partial charge in [0.2, 0.25) is 5.95 Å². The van der Waals surface area contributed by atoms with E-state index >= 15 is 0 Å². The van der Waals surface area contributed by atoms with Crippen LogP contribution in [0.4, 0.5) is 5.95 Å². The van der Waals surface area contributed by atoms with Crippen LogP contribution in [0.15, 0.2) is 53.3 Å². The van der Waals surface area contributed by atoms with E-state index in [-0.39, 0.29) is 24.1 Å². The fourth-order valence-electron chi connectivity index (χ4n) is 4.26. The van der Waals surface area contributed by atoms with E-state index < -0.39 is 0 Å². The summed E-state index contributed by atoms with van der Waals surface area (Å²) in [5, 5.41) is 6.51. The topological polar surface area (TPSA) is 70.5 Å². The summed E-state index contributed by atoms with van der Waals surface area (Å²) in [5.74, 6) is 0.392. The van der Waals surface area contributed by atoms with Crippen LogP contribution in [-0.2, 0) is 13.0 Å². The molecule has 0 radical (unpaired) electrons. The SMILES string of the molecule is CN1C[C@@H](c2ccc(Cl)cc2)Nc2nc3c(c(=O)n21)CN(C(=O)c1ccc(Cl)cc1)CC3. The van der Waals surface area contributed by atoms with E-state index in [4.69, 9.17) is 28.2 Å². The van der Waals surface area contributed by atoms with Crippen LogP contribution in [0.25, 0.3) is 0 Å². The fraction of sp³-hybridized carbons (Fsp3) is 0.261. The van der Waals surface area contributed by atoms with Crippen molar-refractivity contribution < 1.29 is 4.79 Å². The number of halogens is 2. The minimum absolute atomic E-state index is 0.0196.